The Morgan fingerprint density at radius 2 is 1.88 bits per heavy atom. The molecule has 10 heteroatoms. The summed E-state index contributed by atoms with van der Waals surface area (Å²) in [5, 5.41) is 14.4. The molecular weight excluding hydrogens is 464 g/mol. The third kappa shape index (κ3) is 8.43. The van der Waals surface area contributed by atoms with Crippen molar-refractivity contribution in [3.8, 4) is 0 Å². The molecule has 2 amide bonds. The van der Waals surface area contributed by atoms with E-state index < -0.39 is 17.7 Å². The lowest BCUT2D eigenvalue weighted by molar-refractivity contribution is -0.113. The molecule has 33 heavy (non-hydrogen) atoms. The smallest absolute Gasteiger partial charge is 0.408 e. The van der Waals surface area contributed by atoms with Crippen LogP contribution in [-0.2, 0) is 16.0 Å². The van der Waals surface area contributed by atoms with Crippen LogP contribution in [0.2, 0.25) is 5.02 Å². The van der Waals surface area contributed by atoms with E-state index in [1.54, 1.807) is 45.0 Å². The van der Waals surface area contributed by atoms with Crippen LogP contribution in [0.15, 0.2) is 64.2 Å². The van der Waals surface area contributed by atoms with E-state index in [0.29, 0.717) is 17.1 Å². The first-order chi connectivity index (χ1) is 15.7. The van der Waals surface area contributed by atoms with Crippen molar-refractivity contribution in [2.45, 2.75) is 44.1 Å². The van der Waals surface area contributed by atoms with Crippen LogP contribution < -0.4 is 10.6 Å². The molecule has 0 aliphatic heterocycles. The monoisotopic (exact) mass is 488 g/mol. The summed E-state index contributed by atoms with van der Waals surface area (Å²) in [5.74, 6) is 0.0500. The minimum absolute atomic E-state index is 0.0665. The second kappa shape index (κ2) is 11.2. The lowest BCUT2D eigenvalue weighted by Crippen LogP contribution is -2.36. The van der Waals surface area contributed by atoms with Crippen molar-refractivity contribution in [1.29, 1.82) is 0 Å². The number of halogens is 1. The average molecular weight is 489 g/mol. The first-order valence-corrected chi connectivity index (χ1v) is 11.6. The van der Waals surface area contributed by atoms with Gasteiger partial charge in [0.05, 0.1) is 5.75 Å². The summed E-state index contributed by atoms with van der Waals surface area (Å²) < 4.78 is 11.1. The summed E-state index contributed by atoms with van der Waals surface area (Å²) >= 11 is 7.03. The van der Waals surface area contributed by atoms with Crippen molar-refractivity contribution in [2.75, 3.05) is 11.1 Å². The second-order valence-corrected chi connectivity index (χ2v) is 9.50. The van der Waals surface area contributed by atoms with Crippen LogP contribution in [0.4, 0.5) is 10.5 Å². The van der Waals surface area contributed by atoms with Gasteiger partial charge in [-0.1, -0.05) is 59.8 Å². The molecule has 2 aromatic carbocycles. The number of nitrogens with one attached hydrogen (secondary N) is 2. The standard InChI is InChI=1S/C23H25ClN4O4S/c1-23(2,3)32-21(30)26-18(12-15-8-5-4-6-9-15)20-27-28-22(31-20)33-14-19(29)25-17-11-7-10-16(24)13-17/h4-11,13,18H,12,14H2,1-3H3,(H,25,29)(H,26,30)/t18-/m1/s1. The molecule has 0 fully saturated rings. The largest absolute Gasteiger partial charge is 0.444 e. The Kier molecular flexibility index (Phi) is 8.35. The van der Waals surface area contributed by atoms with E-state index in [4.69, 9.17) is 20.8 Å². The third-order valence-electron chi connectivity index (χ3n) is 4.13. The van der Waals surface area contributed by atoms with E-state index in [9.17, 15) is 9.59 Å². The second-order valence-electron chi connectivity index (χ2n) is 8.14. The predicted octanol–water partition coefficient (Wildman–Crippen LogP) is 5.26. The number of nitrogens with zero attached hydrogens (tertiary/aromatic N) is 2. The molecule has 1 aromatic heterocycles. The number of hydrogen-bond donors (Lipinski definition) is 2. The lowest BCUT2D eigenvalue weighted by atomic mass is 10.1. The number of amides is 2. The number of carbonyl (C=O) groups excluding carboxylic acids is 2. The van der Waals surface area contributed by atoms with E-state index in [2.05, 4.69) is 20.8 Å². The predicted molar refractivity (Wildman–Crippen MR) is 127 cm³/mol. The summed E-state index contributed by atoms with van der Waals surface area (Å²) in [5.41, 5.74) is 0.934. The first-order valence-electron chi connectivity index (χ1n) is 10.2. The third-order valence-corrected chi connectivity index (χ3v) is 5.18. The van der Waals surface area contributed by atoms with Crippen molar-refractivity contribution < 1.29 is 18.7 Å². The summed E-state index contributed by atoms with van der Waals surface area (Å²) in [4.78, 5) is 24.6. The van der Waals surface area contributed by atoms with Gasteiger partial charge in [0, 0.05) is 17.1 Å². The highest BCUT2D eigenvalue weighted by Crippen LogP contribution is 2.23. The average Bonchev–Trinajstić information content (AvgIpc) is 3.20. The van der Waals surface area contributed by atoms with Gasteiger partial charge in [0.2, 0.25) is 11.8 Å². The van der Waals surface area contributed by atoms with Crippen LogP contribution in [0, 0.1) is 0 Å². The van der Waals surface area contributed by atoms with Crippen LogP contribution in [0.1, 0.15) is 38.3 Å². The van der Waals surface area contributed by atoms with E-state index in [1.807, 2.05) is 30.3 Å². The number of aromatic nitrogens is 2. The normalized spacial score (nSPS) is 12.1. The van der Waals surface area contributed by atoms with Crippen LogP contribution in [0.3, 0.4) is 0 Å². The van der Waals surface area contributed by atoms with Crippen LogP contribution in [-0.4, -0.2) is 33.6 Å². The Bertz CT molecular complexity index is 1090. The molecular formula is C23H25ClN4O4S. The van der Waals surface area contributed by atoms with Gasteiger partial charge in [-0.15, -0.1) is 10.2 Å². The SMILES string of the molecule is CC(C)(C)OC(=O)N[C@H](Cc1ccccc1)c1nnc(SCC(=O)Nc2cccc(Cl)c2)o1. The van der Waals surface area contributed by atoms with E-state index in [-0.39, 0.29) is 22.8 Å². The fraction of sp³-hybridized carbons (Fsp3) is 0.304. The summed E-state index contributed by atoms with van der Waals surface area (Å²) in [7, 11) is 0. The van der Waals surface area contributed by atoms with Gasteiger partial charge in [-0.2, -0.15) is 0 Å². The fourth-order valence-corrected chi connectivity index (χ4v) is 3.57. The Balaban J connectivity index is 1.64. The van der Waals surface area contributed by atoms with Gasteiger partial charge in [0.25, 0.3) is 5.22 Å². The van der Waals surface area contributed by atoms with Crippen LogP contribution in [0.5, 0.6) is 0 Å². The van der Waals surface area contributed by atoms with Gasteiger partial charge < -0.3 is 19.8 Å². The molecule has 0 radical (unpaired) electrons. The fourth-order valence-electron chi connectivity index (χ4n) is 2.81. The van der Waals surface area contributed by atoms with Crippen molar-refractivity contribution in [2.24, 2.45) is 0 Å². The van der Waals surface area contributed by atoms with Gasteiger partial charge in [0.1, 0.15) is 11.6 Å². The molecule has 8 nitrogen and oxygen atoms in total. The summed E-state index contributed by atoms with van der Waals surface area (Å²) in [6.45, 7) is 5.36. The highest BCUT2D eigenvalue weighted by molar-refractivity contribution is 7.99. The minimum atomic E-state index is -0.645. The molecule has 3 rings (SSSR count). The number of hydrogen-bond acceptors (Lipinski definition) is 7. The molecule has 3 aromatic rings. The van der Waals surface area contributed by atoms with Gasteiger partial charge >= 0.3 is 6.09 Å². The molecule has 0 saturated carbocycles. The topological polar surface area (TPSA) is 106 Å². The molecule has 0 aliphatic carbocycles. The maximum atomic E-state index is 12.4. The molecule has 1 atom stereocenters. The van der Waals surface area contributed by atoms with Crippen molar-refractivity contribution in [3.63, 3.8) is 0 Å². The minimum Gasteiger partial charge on any atom is -0.444 e. The Labute approximate surface area is 201 Å². The summed E-state index contributed by atoms with van der Waals surface area (Å²) in [6.07, 6.45) is -0.154. The Hall–Kier alpha value is -3.04. The molecule has 0 saturated heterocycles. The quantitative estimate of drug-likeness (QED) is 0.416. The molecule has 174 valence electrons. The summed E-state index contributed by atoms with van der Waals surface area (Å²) in [6, 6.07) is 15.9. The lowest BCUT2D eigenvalue weighted by Gasteiger charge is -2.22. The number of ether oxygens (including phenoxy) is 1. The number of carbonyl (C=O) groups is 2. The van der Waals surface area contributed by atoms with Gasteiger partial charge in [-0.3, -0.25) is 4.79 Å². The zero-order valence-corrected chi connectivity index (χ0v) is 20.1. The van der Waals surface area contributed by atoms with Crippen LogP contribution >= 0.6 is 23.4 Å². The maximum Gasteiger partial charge on any atom is 0.408 e. The van der Waals surface area contributed by atoms with Gasteiger partial charge in [0.15, 0.2) is 0 Å². The highest BCUT2D eigenvalue weighted by Gasteiger charge is 2.25. The van der Waals surface area contributed by atoms with Gasteiger partial charge in [-0.05, 0) is 44.5 Å². The van der Waals surface area contributed by atoms with Crippen molar-refractivity contribution in [3.05, 3.63) is 71.1 Å². The van der Waals surface area contributed by atoms with E-state index in [1.165, 1.54) is 0 Å². The Morgan fingerprint density at radius 3 is 2.58 bits per heavy atom. The number of anilines is 1. The zero-order valence-electron chi connectivity index (χ0n) is 18.5. The maximum absolute atomic E-state index is 12.4. The molecule has 0 unspecified atom stereocenters. The van der Waals surface area contributed by atoms with E-state index in [0.717, 1.165) is 17.3 Å². The number of benzene rings is 2. The molecule has 0 aliphatic rings. The number of alkyl carbamates (subject to hydrolysis) is 1. The van der Waals surface area contributed by atoms with E-state index >= 15 is 0 Å². The molecule has 0 spiro atoms. The first kappa shape index (κ1) is 24.6. The molecule has 1 heterocycles. The number of rotatable bonds is 8. The Morgan fingerprint density at radius 1 is 1.12 bits per heavy atom. The molecule has 0 bridgehead atoms. The van der Waals surface area contributed by atoms with Crippen LogP contribution in [0.25, 0.3) is 0 Å². The highest BCUT2D eigenvalue weighted by atomic mass is 35.5. The number of thioether (sulfide) groups is 1. The van der Waals surface area contributed by atoms with Gasteiger partial charge in [-0.25, -0.2) is 4.79 Å². The van der Waals surface area contributed by atoms with Crippen molar-refractivity contribution >= 4 is 41.1 Å². The molecule has 2 N–H and O–H groups in total. The van der Waals surface area contributed by atoms with Crippen molar-refractivity contribution in [1.82, 2.24) is 15.5 Å². The zero-order chi connectivity index (χ0) is 23.8.